The molecule has 2 bridgehead atoms. The molecule has 4 aliphatic heterocycles. The van der Waals surface area contributed by atoms with Gasteiger partial charge in [-0.1, -0.05) is 0 Å². The fourth-order valence-corrected chi connectivity index (χ4v) is 7.74. The number of ether oxygens (including phenoxy) is 1. The van der Waals surface area contributed by atoms with Crippen LogP contribution in [0.2, 0.25) is 0 Å². The van der Waals surface area contributed by atoms with Gasteiger partial charge in [0.15, 0.2) is 6.61 Å². The summed E-state index contributed by atoms with van der Waals surface area (Å²) in [6.07, 6.45) is 2.35. The first-order valence-electron chi connectivity index (χ1n) is 11.9. The molecule has 5 rings (SSSR count). The van der Waals surface area contributed by atoms with Crippen LogP contribution in [0.1, 0.15) is 48.9 Å². The van der Waals surface area contributed by atoms with Crippen LogP contribution in [0.5, 0.6) is 5.75 Å². The van der Waals surface area contributed by atoms with E-state index in [-0.39, 0.29) is 55.7 Å². The summed E-state index contributed by atoms with van der Waals surface area (Å²) >= 11 is 0. The van der Waals surface area contributed by atoms with Gasteiger partial charge in [-0.15, -0.1) is 0 Å². The Labute approximate surface area is 203 Å². The minimum Gasteiger partial charge on any atom is -0.482 e. The molecule has 3 fully saturated rings. The first kappa shape index (κ1) is 23.8. The molecule has 3 saturated heterocycles. The molecule has 190 valence electrons. The lowest BCUT2D eigenvalue weighted by Gasteiger charge is -2.42. The second-order valence-electron chi connectivity index (χ2n) is 9.54. The number of hydrogen-bond acceptors (Lipinski definition) is 6. The normalized spacial score (nSPS) is 27.4. The Morgan fingerprint density at radius 2 is 1.71 bits per heavy atom. The van der Waals surface area contributed by atoms with E-state index >= 15 is 0 Å². The number of nitrogens with one attached hydrogen (secondary N) is 3. The van der Waals surface area contributed by atoms with Gasteiger partial charge in [-0.25, -0.2) is 4.79 Å². The van der Waals surface area contributed by atoms with Gasteiger partial charge < -0.3 is 25.8 Å². The second kappa shape index (κ2) is 9.28. The number of carboxylic acid groups (broad SMARTS) is 1. The molecular weight excluding hydrogens is 478 g/mol. The van der Waals surface area contributed by atoms with Gasteiger partial charge in [0.1, 0.15) is 5.75 Å². The minimum atomic E-state index is -3.67. The van der Waals surface area contributed by atoms with Crippen LogP contribution in [0.15, 0.2) is 18.2 Å². The number of amides is 3. The molecule has 1 aromatic carbocycles. The third-order valence-electron chi connectivity index (χ3n) is 7.25. The summed E-state index contributed by atoms with van der Waals surface area (Å²) in [6.45, 7) is 0.504. The third kappa shape index (κ3) is 4.80. The Morgan fingerprint density at radius 3 is 2.37 bits per heavy atom. The van der Waals surface area contributed by atoms with E-state index in [0.29, 0.717) is 42.7 Å². The van der Waals surface area contributed by atoms with Gasteiger partial charge in [0.25, 0.3) is 22.0 Å². The molecule has 4 heterocycles. The highest BCUT2D eigenvalue weighted by atomic mass is 32.2. The zero-order chi connectivity index (χ0) is 24.7. The van der Waals surface area contributed by atoms with Crippen molar-refractivity contribution in [3.63, 3.8) is 0 Å². The van der Waals surface area contributed by atoms with Crippen LogP contribution in [0.3, 0.4) is 0 Å². The molecule has 0 aliphatic carbocycles. The molecule has 13 heteroatoms. The zero-order valence-corrected chi connectivity index (χ0v) is 19.9. The van der Waals surface area contributed by atoms with Gasteiger partial charge in [0.05, 0.1) is 5.69 Å². The Balaban J connectivity index is 1.21. The number of hydrogen-bond donors (Lipinski definition) is 4. The average Bonchev–Trinajstić information content (AvgIpc) is 3.10. The summed E-state index contributed by atoms with van der Waals surface area (Å²) in [7, 11) is -3.67. The van der Waals surface area contributed by atoms with E-state index in [4.69, 9.17) is 9.84 Å². The molecule has 0 radical (unpaired) electrons. The lowest BCUT2D eigenvalue weighted by Crippen LogP contribution is -2.57. The second-order valence-corrected chi connectivity index (χ2v) is 11.4. The molecule has 1 aromatic rings. The smallest absolute Gasteiger partial charge is 0.404 e. The number of benzene rings is 1. The van der Waals surface area contributed by atoms with Crippen LogP contribution < -0.4 is 20.7 Å². The Kier molecular flexibility index (Phi) is 6.32. The third-order valence-corrected chi connectivity index (χ3v) is 9.40. The van der Waals surface area contributed by atoms with E-state index in [1.165, 1.54) is 4.31 Å². The number of fused-ring (bicyclic) bond motifs is 3. The van der Waals surface area contributed by atoms with Gasteiger partial charge in [-0.3, -0.25) is 9.59 Å². The van der Waals surface area contributed by atoms with Crippen molar-refractivity contribution in [2.45, 2.75) is 62.7 Å². The SMILES string of the molecule is O=C(O)NC1CCN(S(=O)(=O)N2[C@@H]3CC[C@H]2C[C@H](NC(=O)c2ccc4c(c2)NC(=O)CO4)C3)CC1. The molecule has 12 nitrogen and oxygen atoms in total. The quantitative estimate of drug-likeness (QED) is 0.457. The standard InChI is InChI=1S/C22H29N5O7S/c28-20-12-34-19-4-1-13(9-18(19)25-20)21(29)23-15-10-16-2-3-17(11-15)27(16)35(32,33)26-7-5-14(6-8-26)24-22(30)31/h1,4,9,14-17,24H,2-3,5-8,10-12H2,(H,23,29)(H,25,28)(H,30,31)/t15-,16-,17+. The molecule has 3 atom stereocenters. The van der Waals surface area contributed by atoms with Gasteiger partial charge in [0, 0.05) is 42.8 Å². The van der Waals surface area contributed by atoms with Crippen molar-refractivity contribution >= 4 is 33.8 Å². The summed E-state index contributed by atoms with van der Waals surface area (Å²) in [6, 6.07) is 4.11. The van der Waals surface area contributed by atoms with Crippen LogP contribution in [-0.2, 0) is 15.0 Å². The first-order valence-corrected chi connectivity index (χ1v) is 13.3. The van der Waals surface area contributed by atoms with Crippen molar-refractivity contribution < 1.29 is 32.6 Å². The van der Waals surface area contributed by atoms with Crippen molar-refractivity contribution in [2.75, 3.05) is 25.0 Å². The van der Waals surface area contributed by atoms with E-state index in [1.54, 1.807) is 22.5 Å². The van der Waals surface area contributed by atoms with Crippen molar-refractivity contribution in [1.29, 1.82) is 0 Å². The lowest BCUT2D eigenvalue weighted by molar-refractivity contribution is -0.118. The fraction of sp³-hybridized carbons (Fsp3) is 0.591. The van der Waals surface area contributed by atoms with E-state index in [2.05, 4.69) is 16.0 Å². The molecule has 0 saturated carbocycles. The molecule has 4 N–H and O–H groups in total. The van der Waals surface area contributed by atoms with Crippen molar-refractivity contribution in [1.82, 2.24) is 19.2 Å². The monoisotopic (exact) mass is 507 g/mol. The molecule has 0 spiro atoms. The van der Waals surface area contributed by atoms with Crippen molar-refractivity contribution in [3.8, 4) is 5.75 Å². The molecule has 0 unspecified atom stereocenters. The number of nitrogens with zero attached hydrogens (tertiary/aromatic N) is 2. The molecule has 3 amide bonds. The Hall–Kier alpha value is -2.90. The number of anilines is 1. The van der Waals surface area contributed by atoms with E-state index < -0.39 is 16.3 Å². The van der Waals surface area contributed by atoms with Gasteiger partial charge in [0.2, 0.25) is 0 Å². The number of rotatable bonds is 5. The van der Waals surface area contributed by atoms with Crippen LogP contribution >= 0.6 is 0 Å². The van der Waals surface area contributed by atoms with Crippen LogP contribution in [0.4, 0.5) is 10.5 Å². The highest BCUT2D eigenvalue weighted by Crippen LogP contribution is 2.39. The summed E-state index contributed by atoms with van der Waals surface area (Å²) < 4.78 is 35.3. The maximum Gasteiger partial charge on any atom is 0.404 e. The topological polar surface area (TPSA) is 157 Å². The first-order chi connectivity index (χ1) is 16.7. The molecule has 0 aromatic heterocycles. The van der Waals surface area contributed by atoms with Crippen molar-refractivity contribution in [2.24, 2.45) is 0 Å². The average molecular weight is 508 g/mol. The maximum atomic E-state index is 13.4. The van der Waals surface area contributed by atoms with Crippen LogP contribution in [-0.4, -0.2) is 83.9 Å². The lowest BCUT2D eigenvalue weighted by atomic mass is 9.99. The van der Waals surface area contributed by atoms with Gasteiger partial charge in [-0.2, -0.15) is 17.0 Å². The molecule has 4 aliphatic rings. The Bertz CT molecular complexity index is 1120. The number of carbonyl (C=O) groups excluding carboxylic acids is 2. The fourth-order valence-electron chi connectivity index (χ4n) is 5.66. The van der Waals surface area contributed by atoms with Crippen LogP contribution in [0, 0.1) is 0 Å². The highest BCUT2D eigenvalue weighted by Gasteiger charge is 2.49. The summed E-state index contributed by atoms with van der Waals surface area (Å²) in [5.41, 5.74) is 0.854. The van der Waals surface area contributed by atoms with E-state index in [1.807, 2.05) is 0 Å². The Morgan fingerprint density at radius 1 is 1.03 bits per heavy atom. The predicted molar refractivity (Wildman–Crippen MR) is 124 cm³/mol. The van der Waals surface area contributed by atoms with E-state index in [9.17, 15) is 22.8 Å². The number of carbonyl (C=O) groups is 3. The predicted octanol–water partition coefficient (Wildman–Crippen LogP) is 0.720. The summed E-state index contributed by atoms with van der Waals surface area (Å²) in [5.74, 6) is -0.0376. The maximum absolute atomic E-state index is 13.4. The molecule has 35 heavy (non-hydrogen) atoms. The van der Waals surface area contributed by atoms with Gasteiger partial charge in [-0.05, 0) is 56.7 Å². The zero-order valence-electron chi connectivity index (χ0n) is 19.1. The highest BCUT2D eigenvalue weighted by molar-refractivity contribution is 7.86. The summed E-state index contributed by atoms with van der Waals surface area (Å²) in [5, 5.41) is 17.1. The molecular formula is C22H29N5O7S. The minimum absolute atomic E-state index is 0.0555. The summed E-state index contributed by atoms with van der Waals surface area (Å²) in [4.78, 5) is 35.3. The van der Waals surface area contributed by atoms with E-state index in [0.717, 1.165) is 12.8 Å². The number of piperidine rings is 2. The van der Waals surface area contributed by atoms with Crippen LogP contribution in [0.25, 0.3) is 0 Å². The van der Waals surface area contributed by atoms with Crippen molar-refractivity contribution in [3.05, 3.63) is 23.8 Å². The largest absolute Gasteiger partial charge is 0.482 e. The van der Waals surface area contributed by atoms with Gasteiger partial charge >= 0.3 is 6.09 Å².